The molecule has 0 fully saturated rings. The molecule has 0 aliphatic carbocycles. The van der Waals surface area contributed by atoms with E-state index in [4.69, 9.17) is 0 Å². The summed E-state index contributed by atoms with van der Waals surface area (Å²) in [5.74, 6) is 0. The minimum atomic E-state index is -0.725. The highest BCUT2D eigenvalue weighted by Crippen LogP contribution is 2.01. The average molecular weight is 315 g/mol. The highest BCUT2D eigenvalue weighted by Gasteiger charge is 2.16. The number of aromatic amines is 1. The van der Waals surface area contributed by atoms with Gasteiger partial charge in [0.2, 0.25) is 0 Å². The van der Waals surface area contributed by atoms with Crippen molar-refractivity contribution in [2.24, 2.45) is 14.1 Å². The van der Waals surface area contributed by atoms with Crippen LogP contribution in [0.15, 0.2) is 55.7 Å². The molecular formula is C14H13N5O4. The second-order valence-corrected chi connectivity index (χ2v) is 4.98. The maximum Gasteiger partial charge on any atom is 0.356 e. The lowest BCUT2D eigenvalue weighted by Gasteiger charge is -2.05. The summed E-state index contributed by atoms with van der Waals surface area (Å²) >= 11 is 0. The summed E-state index contributed by atoms with van der Waals surface area (Å²) in [5, 5.41) is 2.33. The summed E-state index contributed by atoms with van der Waals surface area (Å²) in [6.45, 7) is 0. The number of para-hydroxylation sites is 1. The van der Waals surface area contributed by atoms with Crippen LogP contribution in [0.4, 0.5) is 0 Å². The number of rotatable bonds is 2. The predicted octanol–water partition coefficient (Wildman–Crippen LogP) is -1.29. The lowest BCUT2D eigenvalue weighted by Crippen LogP contribution is -2.40. The van der Waals surface area contributed by atoms with Crippen LogP contribution in [-0.4, -0.2) is 23.5 Å². The number of H-pyrrole nitrogens is 1. The third kappa shape index (κ3) is 2.18. The molecule has 0 bridgehead atoms. The molecule has 0 spiro atoms. The standard InChI is InChI=1S/C14H13N5O4/c1-16-8-10(11(20)17(2)13(16)22)19-14(23)18(12(21)15-19)9-6-4-3-5-7-9/h3-8H,1-2H3,(H,15,21). The Balaban J connectivity index is 2.34. The predicted molar refractivity (Wildman–Crippen MR) is 82.5 cm³/mol. The fraction of sp³-hybridized carbons (Fsp3) is 0.143. The molecule has 9 nitrogen and oxygen atoms in total. The Labute approximate surface area is 128 Å². The topological polar surface area (TPSA) is 104 Å². The number of nitrogens with zero attached hydrogens (tertiary/aromatic N) is 4. The van der Waals surface area contributed by atoms with Crippen molar-refractivity contribution in [3.8, 4) is 11.4 Å². The van der Waals surface area contributed by atoms with Gasteiger partial charge in [0, 0.05) is 20.3 Å². The van der Waals surface area contributed by atoms with E-state index < -0.39 is 22.6 Å². The van der Waals surface area contributed by atoms with Crippen LogP contribution < -0.4 is 22.6 Å². The first-order valence-electron chi connectivity index (χ1n) is 6.68. The monoisotopic (exact) mass is 315 g/mol. The van der Waals surface area contributed by atoms with Crippen LogP contribution in [0.2, 0.25) is 0 Å². The fourth-order valence-corrected chi connectivity index (χ4v) is 2.29. The molecule has 1 aromatic carbocycles. The normalized spacial score (nSPS) is 10.9. The molecule has 0 unspecified atom stereocenters. The van der Waals surface area contributed by atoms with Crippen LogP contribution in [0, 0.1) is 0 Å². The summed E-state index contributed by atoms with van der Waals surface area (Å²) in [5.41, 5.74) is -2.37. The van der Waals surface area contributed by atoms with E-state index >= 15 is 0 Å². The molecular weight excluding hydrogens is 302 g/mol. The second-order valence-electron chi connectivity index (χ2n) is 4.98. The Hall–Kier alpha value is -3.36. The van der Waals surface area contributed by atoms with Gasteiger partial charge in [0.15, 0.2) is 0 Å². The smallest absolute Gasteiger partial charge is 0.301 e. The Morgan fingerprint density at radius 2 is 1.57 bits per heavy atom. The number of aromatic nitrogens is 5. The Morgan fingerprint density at radius 1 is 0.913 bits per heavy atom. The molecule has 3 aromatic rings. The molecule has 0 aliphatic heterocycles. The van der Waals surface area contributed by atoms with Gasteiger partial charge in [0.05, 0.1) is 5.69 Å². The Morgan fingerprint density at radius 3 is 2.22 bits per heavy atom. The molecule has 9 heteroatoms. The summed E-state index contributed by atoms with van der Waals surface area (Å²) in [6, 6.07) is 8.32. The molecule has 3 rings (SSSR count). The van der Waals surface area contributed by atoms with Crippen molar-refractivity contribution in [3.05, 3.63) is 78.3 Å². The third-order valence-electron chi connectivity index (χ3n) is 3.48. The van der Waals surface area contributed by atoms with Crippen LogP contribution in [0.1, 0.15) is 0 Å². The van der Waals surface area contributed by atoms with Crippen LogP contribution in [0.3, 0.4) is 0 Å². The number of aryl methyl sites for hydroxylation is 1. The van der Waals surface area contributed by atoms with Crippen molar-refractivity contribution in [3.63, 3.8) is 0 Å². The van der Waals surface area contributed by atoms with Crippen molar-refractivity contribution in [1.82, 2.24) is 23.5 Å². The van der Waals surface area contributed by atoms with E-state index in [-0.39, 0.29) is 5.69 Å². The molecule has 1 N–H and O–H groups in total. The minimum Gasteiger partial charge on any atom is -0.301 e. The lowest BCUT2D eigenvalue weighted by molar-refractivity contribution is 0.660. The van der Waals surface area contributed by atoms with Gasteiger partial charge in [-0.3, -0.25) is 9.36 Å². The number of nitrogens with one attached hydrogen (secondary N) is 1. The zero-order valence-corrected chi connectivity index (χ0v) is 12.4. The highest BCUT2D eigenvalue weighted by molar-refractivity contribution is 5.32. The summed E-state index contributed by atoms with van der Waals surface area (Å²) in [7, 11) is 2.74. The molecule has 23 heavy (non-hydrogen) atoms. The minimum absolute atomic E-state index is 0.119. The second kappa shape index (κ2) is 5.13. The Kier molecular flexibility index (Phi) is 3.25. The molecule has 2 aromatic heterocycles. The molecule has 0 radical (unpaired) electrons. The van der Waals surface area contributed by atoms with Gasteiger partial charge < -0.3 is 4.57 Å². The highest BCUT2D eigenvalue weighted by atomic mass is 16.2. The molecule has 0 atom stereocenters. The maximum atomic E-state index is 12.5. The van der Waals surface area contributed by atoms with Gasteiger partial charge in [-0.2, -0.15) is 4.68 Å². The van der Waals surface area contributed by atoms with Crippen LogP contribution in [0.25, 0.3) is 11.4 Å². The molecule has 0 amide bonds. The van der Waals surface area contributed by atoms with Gasteiger partial charge >= 0.3 is 17.1 Å². The van der Waals surface area contributed by atoms with E-state index in [1.807, 2.05) is 0 Å². The Bertz CT molecular complexity index is 1110. The van der Waals surface area contributed by atoms with E-state index in [0.717, 1.165) is 18.4 Å². The van der Waals surface area contributed by atoms with E-state index in [1.54, 1.807) is 30.3 Å². The fourth-order valence-electron chi connectivity index (χ4n) is 2.29. The van der Waals surface area contributed by atoms with Crippen molar-refractivity contribution >= 4 is 0 Å². The molecule has 118 valence electrons. The summed E-state index contributed by atoms with van der Waals surface area (Å²) in [6.07, 6.45) is 1.21. The zero-order chi connectivity index (χ0) is 16.7. The molecule has 2 heterocycles. The van der Waals surface area contributed by atoms with E-state index in [9.17, 15) is 19.2 Å². The maximum absolute atomic E-state index is 12.5. The van der Waals surface area contributed by atoms with E-state index in [0.29, 0.717) is 5.69 Å². The quantitative estimate of drug-likeness (QED) is 0.635. The first kappa shape index (κ1) is 14.6. The molecule has 0 aliphatic rings. The number of hydrogen-bond acceptors (Lipinski definition) is 4. The summed E-state index contributed by atoms with van der Waals surface area (Å²) in [4.78, 5) is 48.5. The van der Waals surface area contributed by atoms with Gasteiger partial charge in [-0.1, -0.05) is 18.2 Å². The number of hydrogen-bond donors (Lipinski definition) is 1. The largest absolute Gasteiger partial charge is 0.356 e. The van der Waals surface area contributed by atoms with Crippen molar-refractivity contribution < 1.29 is 0 Å². The van der Waals surface area contributed by atoms with Crippen LogP contribution in [-0.2, 0) is 14.1 Å². The van der Waals surface area contributed by atoms with E-state index in [1.165, 1.54) is 20.3 Å². The number of benzene rings is 1. The van der Waals surface area contributed by atoms with Crippen LogP contribution >= 0.6 is 0 Å². The van der Waals surface area contributed by atoms with E-state index in [2.05, 4.69) is 5.10 Å². The van der Waals surface area contributed by atoms with Crippen LogP contribution in [0.5, 0.6) is 0 Å². The zero-order valence-electron chi connectivity index (χ0n) is 12.4. The van der Waals surface area contributed by atoms with Gasteiger partial charge in [0.25, 0.3) is 5.56 Å². The average Bonchev–Trinajstić information content (AvgIpc) is 2.84. The van der Waals surface area contributed by atoms with Gasteiger partial charge in [-0.15, -0.1) is 0 Å². The van der Waals surface area contributed by atoms with Gasteiger partial charge in [0.1, 0.15) is 5.69 Å². The van der Waals surface area contributed by atoms with Crippen molar-refractivity contribution in [2.45, 2.75) is 0 Å². The molecule has 0 saturated heterocycles. The SMILES string of the molecule is Cn1cc(-n2[nH]c(=O)n(-c3ccccc3)c2=O)c(=O)n(C)c1=O. The first-order chi connectivity index (χ1) is 10.9. The third-order valence-corrected chi connectivity index (χ3v) is 3.48. The van der Waals surface area contributed by atoms with Gasteiger partial charge in [-0.25, -0.2) is 24.0 Å². The lowest BCUT2D eigenvalue weighted by atomic mass is 10.3. The van der Waals surface area contributed by atoms with Crippen molar-refractivity contribution in [1.29, 1.82) is 0 Å². The van der Waals surface area contributed by atoms with Gasteiger partial charge in [-0.05, 0) is 12.1 Å². The summed E-state index contributed by atoms with van der Waals surface area (Å²) < 4.78 is 3.75. The molecule has 0 saturated carbocycles. The van der Waals surface area contributed by atoms with Crippen molar-refractivity contribution in [2.75, 3.05) is 0 Å². The first-order valence-corrected chi connectivity index (χ1v) is 6.68.